The molecule has 31 heavy (non-hydrogen) atoms. The number of halogens is 1. The van der Waals surface area contributed by atoms with Gasteiger partial charge in [-0.25, -0.2) is 0 Å². The Balaban J connectivity index is 0.00000341. The molecule has 1 N–H and O–H groups in total. The maximum atomic E-state index is 12.5. The number of nitrogens with one attached hydrogen (secondary N) is 1. The molecule has 0 aliphatic carbocycles. The zero-order chi connectivity index (χ0) is 21.5. The van der Waals surface area contributed by atoms with E-state index < -0.39 is 0 Å². The Morgan fingerprint density at radius 2 is 1.77 bits per heavy atom. The van der Waals surface area contributed by atoms with Crippen LogP contribution in [-0.4, -0.2) is 79.9 Å². The predicted octanol–water partition coefficient (Wildman–Crippen LogP) is 3.23. The van der Waals surface area contributed by atoms with Gasteiger partial charge in [0.25, 0.3) is 5.91 Å². The van der Waals surface area contributed by atoms with E-state index >= 15 is 0 Å². The summed E-state index contributed by atoms with van der Waals surface area (Å²) in [7, 11) is 4.18. The van der Waals surface area contributed by atoms with E-state index in [1.807, 2.05) is 4.90 Å². The van der Waals surface area contributed by atoms with E-state index in [1.165, 1.54) is 17.4 Å². The highest BCUT2D eigenvalue weighted by atomic mass is 127. The van der Waals surface area contributed by atoms with Crippen LogP contribution in [0.15, 0.2) is 52.1 Å². The van der Waals surface area contributed by atoms with Crippen LogP contribution in [0.25, 0.3) is 0 Å². The van der Waals surface area contributed by atoms with Crippen LogP contribution in [0.4, 0.5) is 0 Å². The molecule has 1 aromatic heterocycles. The van der Waals surface area contributed by atoms with E-state index in [9.17, 15) is 4.79 Å². The summed E-state index contributed by atoms with van der Waals surface area (Å²) in [6, 6.07) is 12.3. The molecule has 1 aliphatic heterocycles. The number of carbonyl (C=O) groups is 1. The van der Waals surface area contributed by atoms with Crippen LogP contribution in [0.5, 0.6) is 0 Å². The van der Waals surface area contributed by atoms with Crippen molar-refractivity contribution in [2.45, 2.75) is 19.9 Å². The van der Waals surface area contributed by atoms with Gasteiger partial charge in [0.15, 0.2) is 11.7 Å². The van der Waals surface area contributed by atoms with Gasteiger partial charge < -0.3 is 24.4 Å². The number of rotatable bonds is 6. The number of guanidine groups is 1. The van der Waals surface area contributed by atoms with Crippen LogP contribution in [0.1, 0.15) is 34.6 Å². The van der Waals surface area contributed by atoms with Crippen LogP contribution in [-0.2, 0) is 0 Å². The molecule has 0 bridgehead atoms. The molecule has 1 aliphatic rings. The topological polar surface area (TPSA) is 64.3 Å². The third kappa shape index (κ3) is 6.70. The van der Waals surface area contributed by atoms with Crippen LogP contribution in [0, 0.1) is 6.92 Å². The fraction of sp³-hybridized carbons (Fsp3) is 0.478. The summed E-state index contributed by atoms with van der Waals surface area (Å²) in [5.74, 6) is 1.26. The number of furan rings is 1. The van der Waals surface area contributed by atoms with Crippen LogP contribution < -0.4 is 5.32 Å². The average molecular weight is 539 g/mol. The van der Waals surface area contributed by atoms with E-state index in [0.717, 1.165) is 25.6 Å². The minimum atomic E-state index is -0.0476. The summed E-state index contributed by atoms with van der Waals surface area (Å²) in [4.78, 5) is 23.7. The fourth-order valence-electron chi connectivity index (χ4n) is 3.63. The number of likely N-dealkylation sites (N-methyl/N-ethyl adjacent to an activating group) is 1. The first-order chi connectivity index (χ1) is 14.5. The Morgan fingerprint density at radius 3 is 2.32 bits per heavy atom. The largest absolute Gasteiger partial charge is 0.459 e. The highest BCUT2D eigenvalue weighted by molar-refractivity contribution is 14.0. The van der Waals surface area contributed by atoms with Crippen molar-refractivity contribution in [3.05, 3.63) is 59.5 Å². The van der Waals surface area contributed by atoms with Gasteiger partial charge in [-0.1, -0.05) is 29.8 Å². The van der Waals surface area contributed by atoms with Crippen LogP contribution >= 0.6 is 24.0 Å². The summed E-state index contributed by atoms with van der Waals surface area (Å²) >= 11 is 0. The molecule has 170 valence electrons. The molecule has 2 heterocycles. The number of amides is 1. The number of piperazine rings is 1. The van der Waals surface area contributed by atoms with Crippen molar-refractivity contribution in [3.8, 4) is 0 Å². The summed E-state index contributed by atoms with van der Waals surface area (Å²) in [5, 5.41) is 3.41. The third-order valence-electron chi connectivity index (χ3n) is 5.43. The lowest BCUT2D eigenvalue weighted by molar-refractivity contribution is 0.0657. The monoisotopic (exact) mass is 539 g/mol. The van der Waals surface area contributed by atoms with Gasteiger partial charge in [-0.3, -0.25) is 9.79 Å². The molecule has 1 fully saturated rings. The first kappa shape index (κ1) is 25.2. The lowest BCUT2D eigenvalue weighted by atomic mass is 10.0. The Bertz CT molecular complexity index is 828. The van der Waals surface area contributed by atoms with Gasteiger partial charge in [-0.2, -0.15) is 0 Å². The first-order valence-electron chi connectivity index (χ1n) is 10.6. The second kappa shape index (κ2) is 12.1. The third-order valence-corrected chi connectivity index (χ3v) is 5.43. The van der Waals surface area contributed by atoms with Crippen molar-refractivity contribution in [3.63, 3.8) is 0 Å². The van der Waals surface area contributed by atoms with E-state index in [0.29, 0.717) is 25.4 Å². The maximum absolute atomic E-state index is 12.5. The quantitative estimate of drug-likeness (QED) is 0.347. The molecule has 1 unspecified atom stereocenters. The number of carbonyl (C=O) groups excluding carboxylic acids is 1. The molecule has 3 rings (SSSR count). The zero-order valence-corrected chi connectivity index (χ0v) is 21.2. The Hall–Kier alpha value is -2.07. The molecule has 1 saturated heterocycles. The number of hydrogen-bond acceptors (Lipinski definition) is 4. The minimum Gasteiger partial charge on any atom is -0.459 e. The summed E-state index contributed by atoms with van der Waals surface area (Å²) in [5.41, 5.74) is 2.52. The second-order valence-corrected chi connectivity index (χ2v) is 7.84. The SMILES string of the molecule is CCNC(=NCC(c1ccc(C)cc1)N(C)C)N1CCN(C(=O)c2ccco2)CC1.I. The molecule has 2 aromatic rings. The van der Waals surface area contributed by atoms with E-state index in [-0.39, 0.29) is 35.9 Å². The lowest BCUT2D eigenvalue weighted by Gasteiger charge is -2.36. The van der Waals surface area contributed by atoms with Crippen molar-refractivity contribution in [2.24, 2.45) is 4.99 Å². The second-order valence-electron chi connectivity index (χ2n) is 7.84. The van der Waals surface area contributed by atoms with E-state index in [2.05, 4.69) is 67.3 Å². The maximum Gasteiger partial charge on any atom is 0.289 e. The van der Waals surface area contributed by atoms with Gasteiger partial charge in [0, 0.05) is 32.7 Å². The number of benzene rings is 1. The van der Waals surface area contributed by atoms with Gasteiger partial charge in [0.05, 0.1) is 18.8 Å². The van der Waals surface area contributed by atoms with E-state index in [1.54, 1.807) is 12.1 Å². The van der Waals surface area contributed by atoms with E-state index in [4.69, 9.17) is 9.41 Å². The molecule has 7 nitrogen and oxygen atoms in total. The molecule has 8 heteroatoms. The fourth-order valence-corrected chi connectivity index (χ4v) is 3.63. The predicted molar refractivity (Wildman–Crippen MR) is 135 cm³/mol. The van der Waals surface area contributed by atoms with Crippen molar-refractivity contribution in [1.82, 2.24) is 20.0 Å². The highest BCUT2D eigenvalue weighted by Gasteiger charge is 2.25. The molecular formula is C23H34IN5O2. The molecule has 1 amide bonds. The molecule has 1 atom stereocenters. The van der Waals surface area contributed by atoms with Gasteiger partial charge in [0.2, 0.25) is 0 Å². The van der Waals surface area contributed by atoms with Crippen LogP contribution in [0.2, 0.25) is 0 Å². The molecular weight excluding hydrogens is 505 g/mol. The standard InChI is InChI=1S/C23H33N5O2.HI/c1-5-24-23(25-17-20(26(3)4)19-10-8-18(2)9-11-19)28-14-12-27(13-15-28)22(29)21-7-6-16-30-21;/h6-11,16,20H,5,12-15,17H2,1-4H3,(H,24,25);1H. The lowest BCUT2D eigenvalue weighted by Crippen LogP contribution is -2.53. The minimum absolute atomic E-state index is 0. The number of aryl methyl sites for hydroxylation is 1. The molecule has 1 aromatic carbocycles. The zero-order valence-electron chi connectivity index (χ0n) is 18.9. The highest BCUT2D eigenvalue weighted by Crippen LogP contribution is 2.19. The Kier molecular flexibility index (Phi) is 9.83. The average Bonchev–Trinajstić information content (AvgIpc) is 3.29. The Labute approximate surface area is 202 Å². The van der Waals surface area contributed by atoms with Gasteiger partial charge in [0.1, 0.15) is 0 Å². The molecule has 0 spiro atoms. The van der Waals surface area contributed by atoms with Crippen molar-refractivity contribution >= 4 is 35.8 Å². The van der Waals surface area contributed by atoms with Crippen molar-refractivity contribution in [1.29, 1.82) is 0 Å². The van der Waals surface area contributed by atoms with Crippen molar-refractivity contribution in [2.75, 3.05) is 53.4 Å². The first-order valence-corrected chi connectivity index (χ1v) is 10.6. The Morgan fingerprint density at radius 1 is 1.13 bits per heavy atom. The molecule has 0 saturated carbocycles. The number of aliphatic imine (C=N–C) groups is 1. The smallest absolute Gasteiger partial charge is 0.289 e. The summed E-state index contributed by atoms with van der Waals surface area (Å²) < 4.78 is 5.25. The van der Waals surface area contributed by atoms with Crippen molar-refractivity contribution < 1.29 is 9.21 Å². The van der Waals surface area contributed by atoms with Gasteiger partial charge >= 0.3 is 0 Å². The summed E-state index contributed by atoms with van der Waals surface area (Å²) in [6.07, 6.45) is 1.54. The molecule has 0 radical (unpaired) electrons. The van der Waals surface area contributed by atoms with Gasteiger partial charge in [-0.15, -0.1) is 24.0 Å². The number of nitrogens with zero attached hydrogens (tertiary/aromatic N) is 4. The van der Waals surface area contributed by atoms with Gasteiger partial charge in [-0.05, 0) is 45.6 Å². The summed E-state index contributed by atoms with van der Waals surface area (Å²) in [6.45, 7) is 8.45. The van der Waals surface area contributed by atoms with Crippen LogP contribution in [0.3, 0.4) is 0 Å². The number of hydrogen-bond donors (Lipinski definition) is 1. The normalized spacial score (nSPS) is 15.6.